The second-order valence-corrected chi connectivity index (χ2v) is 5.52. The lowest BCUT2D eigenvalue weighted by atomic mass is 10.0. The minimum absolute atomic E-state index is 0.000625. The molecule has 1 aliphatic heterocycles. The SMILES string of the molecule is CNc1ncccc1C(=O)N1CC(C)OC(C)(C)C1. The highest BCUT2D eigenvalue weighted by molar-refractivity contribution is 5.98. The maximum absolute atomic E-state index is 12.6. The van der Waals surface area contributed by atoms with Crippen molar-refractivity contribution in [1.29, 1.82) is 0 Å². The maximum Gasteiger partial charge on any atom is 0.257 e. The second kappa shape index (κ2) is 5.17. The average molecular weight is 263 g/mol. The smallest absolute Gasteiger partial charge is 0.257 e. The molecule has 5 heteroatoms. The van der Waals surface area contributed by atoms with E-state index in [1.165, 1.54) is 0 Å². The molecule has 1 fully saturated rings. The number of hydrogen-bond donors (Lipinski definition) is 1. The van der Waals surface area contributed by atoms with Crippen LogP contribution in [0.1, 0.15) is 31.1 Å². The summed E-state index contributed by atoms with van der Waals surface area (Å²) in [6, 6.07) is 3.58. The number of rotatable bonds is 2. The quantitative estimate of drug-likeness (QED) is 0.883. The summed E-state index contributed by atoms with van der Waals surface area (Å²) in [7, 11) is 1.77. The van der Waals surface area contributed by atoms with Crippen LogP contribution in [0.5, 0.6) is 0 Å². The van der Waals surface area contributed by atoms with E-state index in [9.17, 15) is 4.79 Å². The Morgan fingerprint density at radius 3 is 2.95 bits per heavy atom. The first-order valence-electron chi connectivity index (χ1n) is 6.53. The van der Waals surface area contributed by atoms with E-state index in [-0.39, 0.29) is 17.6 Å². The number of hydrogen-bond acceptors (Lipinski definition) is 4. The van der Waals surface area contributed by atoms with Gasteiger partial charge in [-0.05, 0) is 32.9 Å². The molecule has 5 nitrogen and oxygen atoms in total. The summed E-state index contributed by atoms with van der Waals surface area (Å²) < 4.78 is 5.82. The van der Waals surface area contributed by atoms with Crippen LogP contribution >= 0.6 is 0 Å². The van der Waals surface area contributed by atoms with E-state index in [4.69, 9.17) is 4.74 Å². The fraction of sp³-hybridized carbons (Fsp3) is 0.571. The Balaban J connectivity index is 2.24. The summed E-state index contributed by atoms with van der Waals surface area (Å²) in [5, 5.41) is 2.96. The molecule has 1 N–H and O–H groups in total. The Labute approximate surface area is 114 Å². The fourth-order valence-corrected chi connectivity index (χ4v) is 2.56. The van der Waals surface area contributed by atoms with Gasteiger partial charge in [-0.1, -0.05) is 0 Å². The van der Waals surface area contributed by atoms with Crippen LogP contribution in [0.3, 0.4) is 0 Å². The van der Waals surface area contributed by atoms with Gasteiger partial charge in [0.1, 0.15) is 5.82 Å². The number of pyridine rings is 1. The third-order valence-electron chi connectivity index (χ3n) is 3.13. The van der Waals surface area contributed by atoms with Crippen molar-refractivity contribution in [3.8, 4) is 0 Å². The fourth-order valence-electron chi connectivity index (χ4n) is 2.56. The number of aromatic nitrogens is 1. The molecule has 1 saturated heterocycles. The zero-order valence-electron chi connectivity index (χ0n) is 11.9. The normalized spacial score (nSPS) is 22.1. The van der Waals surface area contributed by atoms with Gasteiger partial charge >= 0.3 is 0 Å². The zero-order chi connectivity index (χ0) is 14.0. The van der Waals surface area contributed by atoms with Crippen LogP contribution in [0, 0.1) is 0 Å². The lowest BCUT2D eigenvalue weighted by Gasteiger charge is -2.41. The highest BCUT2D eigenvalue weighted by Crippen LogP contribution is 2.23. The van der Waals surface area contributed by atoms with E-state index in [0.717, 1.165) is 0 Å². The molecular weight excluding hydrogens is 242 g/mol. The molecule has 104 valence electrons. The van der Waals surface area contributed by atoms with E-state index < -0.39 is 0 Å². The summed E-state index contributed by atoms with van der Waals surface area (Å²) >= 11 is 0. The number of anilines is 1. The molecule has 1 amide bonds. The van der Waals surface area contributed by atoms with Gasteiger partial charge in [-0.15, -0.1) is 0 Å². The molecule has 0 aromatic carbocycles. The van der Waals surface area contributed by atoms with Crippen LogP contribution < -0.4 is 5.32 Å². The molecule has 0 spiro atoms. The topological polar surface area (TPSA) is 54.5 Å². The minimum Gasteiger partial charge on any atom is -0.372 e. The van der Waals surface area contributed by atoms with Crippen molar-refractivity contribution >= 4 is 11.7 Å². The van der Waals surface area contributed by atoms with Crippen molar-refractivity contribution in [2.45, 2.75) is 32.5 Å². The third kappa shape index (κ3) is 3.04. The number of morpholine rings is 1. The summed E-state index contributed by atoms with van der Waals surface area (Å²) in [5.41, 5.74) is 0.296. The summed E-state index contributed by atoms with van der Waals surface area (Å²) in [6.45, 7) is 7.20. The first kappa shape index (κ1) is 13.8. The number of amides is 1. The number of nitrogens with one attached hydrogen (secondary N) is 1. The summed E-state index contributed by atoms with van der Waals surface area (Å²) in [6.07, 6.45) is 1.72. The van der Waals surface area contributed by atoms with Gasteiger partial charge in [0, 0.05) is 26.3 Å². The minimum atomic E-state index is -0.310. The Morgan fingerprint density at radius 2 is 2.32 bits per heavy atom. The van der Waals surface area contributed by atoms with Crippen LogP contribution in [0.25, 0.3) is 0 Å². The van der Waals surface area contributed by atoms with E-state index in [1.807, 2.05) is 25.7 Å². The third-order valence-corrected chi connectivity index (χ3v) is 3.13. The Morgan fingerprint density at radius 1 is 1.58 bits per heavy atom. The summed E-state index contributed by atoms with van der Waals surface area (Å²) in [4.78, 5) is 18.6. The molecule has 1 aromatic rings. The average Bonchev–Trinajstić information content (AvgIpc) is 2.35. The van der Waals surface area contributed by atoms with Crippen molar-refractivity contribution in [3.05, 3.63) is 23.9 Å². The monoisotopic (exact) mass is 263 g/mol. The highest BCUT2D eigenvalue weighted by atomic mass is 16.5. The molecule has 0 aliphatic carbocycles. The molecule has 2 rings (SSSR count). The highest BCUT2D eigenvalue weighted by Gasteiger charge is 2.34. The van der Waals surface area contributed by atoms with Crippen molar-refractivity contribution in [1.82, 2.24) is 9.88 Å². The molecular formula is C14H21N3O2. The Bertz CT molecular complexity index is 474. The molecule has 0 radical (unpaired) electrons. The van der Waals surface area contributed by atoms with E-state index in [1.54, 1.807) is 25.4 Å². The summed E-state index contributed by atoms with van der Waals surface area (Å²) in [5.74, 6) is 0.616. The Kier molecular flexibility index (Phi) is 3.75. The second-order valence-electron chi connectivity index (χ2n) is 5.52. The zero-order valence-corrected chi connectivity index (χ0v) is 11.9. The van der Waals surface area contributed by atoms with Gasteiger partial charge in [0.05, 0.1) is 17.3 Å². The Hall–Kier alpha value is -1.62. The van der Waals surface area contributed by atoms with Crippen LogP contribution in [0.2, 0.25) is 0 Å². The molecule has 1 atom stereocenters. The lowest BCUT2D eigenvalue weighted by molar-refractivity contribution is -0.118. The first-order chi connectivity index (χ1) is 8.93. The van der Waals surface area contributed by atoms with Crippen molar-refractivity contribution in [3.63, 3.8) is 0 Å². The van der Waals surface area contributed by atoms with Gasteiger partial charge in [0.2, 0.25) is 0 Å². The van der Waals surface area contributed by atoms with Crippen LogP contribution in [0.15, 0.2) is 18.3 Å². The van der Waals surface area contributed by atoms with E-state index in [0.29, 0.717) is 24.5 Å². The van der Waals surface area contributed by atoms with Crippen LogP contribution in [0.4, 0.5) is 5.82 Å². The maximum atomic E-state index is 12.6. The molecule has 1 aromatic heterocycles. The number of nitrogens with zero attached hydrogens (tertiary/aromatic N) is 2. The van der Waals surface area contributed by atoms with Crippen molar-refractivity contribution in [2.24, 2.45) is 0 Å². The van der Waals surface area contributed by atoms with Gasteiger partial charge in [0.25, 0.3) is 5.91 Å². The standard InChI is InChI=1S/C14H21N3O2/c1-10-8-17(9-14(2,3)19-10)13(18)11-6-5-7-16-12(11)15-4/h5-7,10H,8-9H2,1-4H3,(H,15,16). The molecule has 1 unspecified atom stereocenters. The van der Waals surface area contributed by atoms with Crippen molar-refractivity contribution < 1.29 is 9.53 Å². The van der Waals surface area contributed by atoms with Gasteiger partial charge in [-0.25, -0.2) is 4.98 Å². The lowest BCUT2D eigenvalue weighted by Crippen LogP contribution is -2.53. The van der Waals surface area contributed by atoms with Gasteiger partial charge in [0.15, 0.2) is 0 Å². The van der Waals surface area contributed by atoms with Crippen LogP contribution in [-0.2, 0) is 4.74 Å². The molecule has 1 aliphatic rings. The molecule has 19 heavy (non-hydrogen) atoms. The predicted molar refractivity (Wildman–Crippen MR) is 74.3 cm³/mol. The number of carbonyl (C=O) groups is 1. The van der Waals surface area contributed by atoms with Gasteiger partial charge in [-0.3, -0.25) is 4.79 Å². The number of carbonyl (C=O) groups excluding carboxylic acids is 1. The van der Waals surface area contributed by atoms with Gasteiger partial charge < -0.3 is 15.0 Å². The first-order valence-corrected chi connectivity index (χ1v) is 6.53. The van der Waals surface area contributed by atoms with E-state index in [2.05, 4.69) is 10.3 Å². The molecule has 0 saturated carbocycles. The van der Waals surface area contributed by atoms with E-state index >= 15 is 0 Å². The molecule has 0 bridgehead atoms. The van der Waals surface area contributed by atoms with Crippen LogP contribution in [-0.4, -0.2) is 47.6 Å². The molecule has 2 heterocycles. The predicted octanol–water partition coefficient (Wildman–Crippen LogP) is 1.76. The van der Waals surface area contributed by atoms with Gasteiger partial charge in [-0.2, -0.15) is 0 Å². The largest absolute Gasteiger partial charge is 0.372 e. The van der Waals surface area contributed by atoms with Crippen molar-refractivity contribution in [2.75, 3.05) is 25.5 Å². The number of ether oxygens (including phenoxy) is 1.